The third-order valence-electron chi connectivity index (χ3n) is 3.69. The van der Waals surface area contributed by atoms with Crippen molar-refractivity contribution in [3.8, 4) is 0 Å². The zero-order valence-electron chi connectivity index (χ0n) is 11.4. The fourth-order valence-corrected chi connectivity index (χ4v) is 2.55. The van der Waals surface area contributed by atoms with E-state index in [-0.39, 0.29) is 29.3 Å². The zero-order chi connectivity index (χ0) is 15.0. The maximum absolute atomic E-state index is 12.3. The summed E-state index contributed by atoms with van der Waals surface area (Å²) < 4.78 is 5.17. The van der Waals surface area contributed by atoms with Crippen LogP contribution < -0.4 is 5.73 Å². The summed E-state index contributed by atoms with van der Waals surface area (Å²) in [5.41, 5.74) is 6.46. The third kappa shape index (κ3) is 2.25. The SMILES string of the molecule is Nc1cccc2c1C(=O)N(CC(=O)N1CCOCC1)C2=O. The molecular formula is C14H15N3O4. The highest BCUT2D eigenvalue weighted by molar-refractivity contribution is 6.24. The number of hydrogen-bond donors (Lipinski definition) is 1. The molecule has 0 unspecified atom stereocenters. The average Bonchev–Trinajstić information content (AvgIpc) is 2.74. The molecule has 7 heteroatoms. The molecule has 7 nitrogen and oxygen atoms in total. The first-order chi connectivity index (χ1) is 10.1. The molecule has 0 atom stereocenters. The van der Waals surface area contributed by atoms with Gasteiger partial charge in [-0.2, -0.15) is 0 Å². The number of amides is 3. The van der Waals surface area contributed by atoms with Crippen molar-refractivity contribution in [3.05, 3.63) is 29.3 Å². The number of nitrogens with two attached hydrogens (primary N) is 1. The normalized spacial score (nSPS) is 18.1. The van der Waals surface area contributed by atoms with E-state index >= 15 is 0 Å². The fourth-order valence-electron chi connectivity index (χ4n) is 2.55. The lowest BCUT2D eigenvalue weighted by Crippen LogP contribution is -2.47. The number of ether oxygens (including phenoxy) is 1. The number of fused-ring (bicyclic) bond motifs is 1. The van der Waals surface area contributed by atoms with Gasteiger partial charge in [-0.05, 0) is 12.1 Å². The van der Waals surface area contributed by atoms with Crippen LogP contribution in [-0.2, 0) is 9.53 Å². The lowest BCUT2D eigenvalue weighted by atomic mass is 10.1. The van der Waals surface area contributed by atoms with Crippen LogP contribution in [-0.4, -0.2) is 60.4 Å². The van der Waals surface area contributed by atoms with E-state index < -0.39 is 11.8 Å². The number of anilines is 1. The van der Waals surface area contributed by atoms with Crippen LogP contribution in [0.1, 0.15) is 20.7 Å². The largest absolute Gasteiger partial charge is 0.398 e. The maximum atomic E-state index is 12.3. The first-order valence-corrected chi connectivity index (χ1v) is 6.70. The van der Waals surface area contributed by atoms with E-state index in [1.807, 2.05) is 0 Å². The van der Waals surface area contributed by atoms with Crippen LogP contribution in [0.2, 0.25) is 0 Å². The second-order valence-electron chi connectivity index (χ2n) is 4.96. The summed E-state index contributed by atoms with van der Waals surface area (Å²) in [4.78, 5) is 39.2. The molecule has 0 spiro atoms. The predicted molar refractivity (Wildman–Crippen MR) is 73.6 cm³/mol. The lowest BCUT2D eigenvalue weighted by molar-refractivity contribution is -0.135. The molecule has 1 aromatic carbocycles. The van der Waals surface area contributed by atoms with E-state index in [2.05, 4.69) is 0 Å². The number of morpholine rings is 1. The summed E-state index contributed by atoms with van der Waals surface area (Å²) in [6, 6.07) is 4.73. The number of carbonyl (C=O) groups is 3. The Hall–Kier alpha value is -2.41. The molecule has 21 heavy (non-hydrogen) atoms. The van der Waals surface area contributed by atoms with E-state index in [1.54, 1.807) is 23.1 Å². The number of carbonyl (C=O) groups excluding carboxylic acids is 3. The molecule has 2 aliphatic heterocycles. The highest BCUT2D eigenvalue weighted by Crippen LogP contribution is 2.27. The van der Waals surface area contributed by atoms with E-state index in [0.717, 1.165) is 4.90 Å². The van der Waals surface area contributed by atoms with Crippen molar-refractivity contribution in [2.24, 2.45) is 0 Å². The minimum absolute atomic E-state index is 0.192. The van der Waals surface area contributed by atoms with Gasteiger partial charge < -0.3 is 15.4 Å². The molecule has 2 N–H and O–H groups in total. The molecule has 1 saturated heterocycles. The van der Waals surface area contributed by atoms with Gasteiger partial charge in [0.15, 0.2) is 0 Å². The average molecular weight is 289 g/mol. The number of nitrogens with zero attached hydrogens (tertiary/aromatic N) is 2. The van der Waals surface area contributed by atoms with Crippen LogP contribution in [0.5, 0.6) is 0 Å². The zero-order valence-corrected chi connectivity index (χ0v) is 11.4. The van der Waals surface area contributed by atoms with Crippen molar-refractivity contribution in [2.75, 3.05) is 38.6 Å². The second-order valence-corrected chi connectivity index (χ2v) is 4.96. The topological polar surface area (TPSA) is 92.9 Å². The smallest absolute Gasteiger partial charge is 0.264 e. The van der Waals surface area contributed by atoms with Gasteiger partial charge in [0.2, 0.25) is 5.91 Å². The first-order valence-electron chi connectivity index (χ1n) is 6.70. The van der Waals surface area contributed by atoms with Gasteiger partial charge in [-0.1, -0.05) is 6.07 Å². The van der Waals surface area contributed by atoms with Crippen LogP contribution in [0, 0.1) is 0 Å². The van der Waals surface area contributed by atoms with Crippen molar-refractivity contribution < 1.29 is 19.1 Å². The van der Waals surface area contributed by atoms with Gasteiger partial charge >= 0.3 is 0 Å². The standard InChI is InChI=1S/C14H15N3O4/c15-10-3-1-2-9-12(10)14(20)17(13(9)19)8-11(18)16-4-6-21-7-5-16/h1-3H,4-8,15H2. The fraction of sp³-hybridized carbons (Fsp3) is 0.357. The van der Waals surface area contributed by atoms with Crippen LogP contribution in [0.3, 0.4) is 0 Å². The van der Waals surface area contributed by atoms with Gasteiger partial charge in [0.25, 0.3) is 11.8 Å². The molecule has 3 rings (SSSR count). The molecule has 2 aliphatic rings. The minimum Gasteiger partial charge on any atom is -0.398 e. The number of rotatable bonds is 2. The molecule has 0 aromatic heterocycles. The minimum atomic E-state index is -0.505. The summed E-state index contributed by atoms with van der Waals surface area (Å²) in [7, 11) is 0. The van der Waals surface area contributed by atoms with Crippen molar-refractivity contribution >= 4 is 23.4 Å². The summed E-state index contributed by atoms with van der Waals surface area (Å²) >= 11 is 0. The van der Waals surface area contributed by atoms with Gasteiger partial charge in [-0.3, -0.25) is 19.3 Å². The van der Waals surface area contributed by atoms with Gasteiger partial charge in [-0.15, -0.1) is 0 Å². The number of hydrogen-bond acceptors (Lipinski definition) is 5. The summed E-state index contributed by atoms with van der Waals surface area (Å²) in [6.45, 7) is 1.64. The van der Waals surface area contributed by atoms with Gasteiger partial charge in [0.05, 0.1) is 24.3 Å². The lowest BCUT2D eigenvalue weighted by Gasteiger charge is -2.28. The Kier molecular flexibility index (Phi) is 3.34. The van der Waals surface area contributed by atoms with E-state index in [9.17, 15) is 14.4 Å². The van der Waals surface area contributed by atoms with E-state index in [4.69, 9.17) is 10.5 Å². The van der Waals surface area contributed by atoms with E-state index in [0.29, 0.717) is 26.3 Å². The highest BCUT2D eigenvalue weighted by Gasteiger charge is 2.38. The highest BCUT2D eigenvalue weighted by atomic mass is 16.5. The van der Waals surface area contributed by atoms with Gasteiger partial charge in [0.1, 0.15) is 6.54 Å². The predicted octanol–water partition coefficient (Wildman–Crippen LogP) is -0.276. The summed E-state index contributed by atoms with van der Waals surface area (Å²) in [6.07, 6.45) is 0. The Labute approximate surface area is 121 Å². The Balaban J connectivity index is 1.79. The molecule has 2 heterocycles. The molecule has 0 saturated carbocycles. The third-order valence-corrected chi connectivity index (χ3v) is 3.69. The molecule has 3 amide bonds. The van der Waals surface area contributed by atoms with Gasteiger partial charge in [0, 0.05) is 18.8 Å². The molecule has 110 valence electrons. The van der Waals surface area contributed by atoms with Crippen LogP contribution >= 0.6 is 0 Å². The van der Waals surface area contributed by atoms with Crippen LogP contribution in [0.15, 0.2) is 18.2 Å². The molecule has 0 bridgehead atoms. The van der Waals surface area contributed by atoms with Crippen molar-refractivity contribution in [1.29, 1.82) is 0 Å². The molecule has 1 fully saturated rings. The van der Waals surface area contributed by atoms with Crippen molar-refractivity contribution in [3.63, 3.8) is 0 Å². The number of imide groups is 1. The quantitative estimate of drug-likeness (QED) is 0.597. The molecular weight excluding hydrogens is 274 g/mol. The Morgan fingerprint density at radius 3 is 2.57 bits per heavy atom. The Morgan fingerprint density at radius 1 is 1.19 bits per heavy atom. The van der Waals surface area contributed by atoms with Crippen molar-refractivity contribution in [1.82, 2.24) is 9.80 Å². The first kappa shape index (κ1) is 13.6. The second kappa shape index (κ2) is 5.17. The summed E-state index contributed by atoms with van der Waals surface area (Å²) in [5.74, 6) is -1.23. The summed E-state index contributed by atoms with van der Waals surface area (Å²) in [5, 5.41) is 0. The van der Waals surface area contributed by atoms with E-state index in [1.165, 1.54) is 0 Å². The molecule has 0 aliphatic carbocycles. The monoisotopic (exact) mass is 289 g/mol. The number of benzene rings is 1. The maximum Gasteiger partial charge on any atom is 0.264 e. The van der Waals surface area contributed by atoms with Crippen LogP contribution in [0.4, 0.5) is 5.69 Å². The van der Waals surface area contributed by atoms with Crippen LogP contribution in [0.25, 0.3) is 0 Å². The number of nitrogen functional groups attached to an aromatic ring is 1. The molecule has 1 aromatic rings. The Bertz CT molecular complexity index is 623. The molecule has 0 radical (unpaired) electrons. The van der Waals surface area contributed by atoms with Crippen molar-refractivity contribution in [2.45, 2.75) is 0 Å². The Morgan fingerprint density at radius 2 is 1.90 bits per heavy atom. The van der Waals surface area contributed by atoms with Gasteiger partial charge in [-0.25, -0.2) is 0 Å².